The van der Waals surface area contributed by atoms with E-state index in [0.717, 1.165) is 32.6 Å². The average Bonchev–Trinajstić information content (AvgIpc) is 3.48. The van der Waals surface area contributed by atoms with Gasteiger partial charge in [-0.3, -0.25) is 10.2 Å². The number of benzene rings is 2. The number of carboxylic acids is 2. The number of fused-ring (bicyclic) bond motifs is 6. The quantitative estimate of drug-likeness (QED) is 0.268. The van der Waals surface area contributed by atoms with Crippen LogP contribution < -0.4 is 0 Å². The molecule has 4 N–H and O–H groups in total. The molecule has 0 atom stereocenters. The Morgan fingerprint density at radius 3 is 1.42 bits per heavy atom. The van der Waals surface area contributed by atoms with E-state index in [9.17, 15) is 9.59 Å². The van der Waals surface area contributed by atoms with Crippen LogP contribution in [0.5, 0.6) is 0 Å². The summed E-state index contributed by atoms with van der Waals surface area (Å²) < 4.78 is 0. The van der Waals surface area contributed by atoms with Gasteiger partial charge in [-0.25, -0.2) is 19.6 Å². The second-order valence-electron chi connectivity index (χ2n) is 6.94. The third kappa shape index (κ3) is 3.98. The normalized spacial score (nSPS) is 10.7. The molecule has 0 aliphatic carbocycles. The molecule has 33 heavy (non-hydrogen) atoms. The van der Waals surface area contributed by atoms with Crippen LogP contribution in [0.15, 0.2) is 60.9 Å². The van der Waals surface area contributed by atoms with Crippen molar-refractivity contribution in [3.8, 4) is 0 Å². The SMILES string of the molecule is O=C(O)c1ccc2ccc3[nH]ncc3c2n1.O=C(O)c1ccc2ccc3[nH]ncc3c2n1.[Cu+2]. The number of carbonyl (C=O) groups is 2. The molecule has 0 spiro atoms. The molecule has 10 nitrogen and oxygen atoms in total. The van der Waals surface area contributed by atoms with E-state index in [0.29, 0.717) is 11.0 Å². The summed E-state index contributed by atoms with van der Waals surface area (Å²) >= 11 is 0. The molecule has 0 fully saturated rings. The van der Waals surface area contributed by atoms with Crippen LogP contribution in [0.2, 0.25) is 0 Å². The van der Waals surface area contributed by atoms with E-state index in [1.54, 1.807) is 24.5 Å². The number of aromatic carboxylic acids is 2. The van der Waals surface area contributed by atoms with Crippen LogP contribution in [-0.2, 0) is 17.1 Å². The van der Waals surface area contributed by atoms with Gasteiger partial charge in [-0.15, -0.1) is 0 Å². The molecule has 4 heterocycles. The molecule has 4 aromatic heterocycles. The third-order valence-electron chi connectivity index (χ3n) is 5.00. The third-order valence-corrected chi connectivity index (χ3v) is 5.00. The second-order valence-corrected chi connectivity index (χ2v) is 6.94. The van der Waals surface area contributed by atoms with Gasteiger partial charge >= 0.3 is 29.0 Å². The van der Waals surface area contributed by atoms with Crippen molar-refractivity contribution in [1.82, 2.24) is 30.4 Å². The summed E-state index contributed by atoms with van der Waals surface area (Å²) in [6, 6.07) is 14.0. The molecule has 0 saturated carbocycles. The fourth-order valence-electron chi connectivity index (χ4n) is 3.45. The second kappa shape index (κ2) is 8.65. The van der Waals surface area contributed by atoms with Crippen molar-refractivity contribution in [2.45, 2.75) is 0 Å². The molecular weight excluding hydrogens is 476 g/mol. The number of nitrogens with zero attached hydrogens (tertiary/aromatic N) is 4. The summed E-state index contributed by atoms with van der Waals surface area (Å²) in [5, 5.41) is 34.7. The predicted molar refractivity (Wildman–Crippen MR) is 117 cm³/mol. The maximum absolute atomic E-state index is 10.8. The summed E-state index contributed by atoms with van der Waals surface area (Å²) in [6.45, 7) is 0. The van der Waals surface area contributed by atoms with E-state index in [1.165, 1.54) is 12.1 Å². The van der Waals surface area contributed by atoms with Gasteiger partial charge in [0.05, 0.1) is 34.5 Å². The first-order chi connectivity index (χ1) is 15.5. The van der Waals surface area contributed by atoms with E-state index >= 15 is 0 Å². The number of aromatic nitrogens is 6. The number of carboxylic acid groups (broad SMARTS) is 2. The molecule has 11 heteroatoms. The van der Waals surface area contributed by atoms with Crippen molar-refractivity contribution in [3.63, 3.8) is 0 Å². The molecule has 0 amide bonds. The summed E-state index contributed by atoms with van der Waals surface area (Å²) in [7, 11) is 0. The Morgan fingerprint density at radius 1 is 0.636 bits per heavy atom. The van der Waals surface area contributed by atoms with Crippen LogP contribution in [0.4, 0.5) is 0 Å². The smallest absolute Gasteiger partial charge is 0.477 e. The van der Waals surface area contributed by atoms with E-state index in [1.807, 2.05) is 24.3 Å². The fourth-order valence-corrected chi connectivity index (χ4v) is 3.45. The van der Waals surface area contributed by atoms with Gasteiger partial charge in [0, 0.05) is 21.5 Å². The maximum Gasteiger partial charge on any atom is 2.00 e. The van der Waals surface area contributed by atoms with E-state index in [4.69, 9.17) is 10.2 Å². The van der Waals surface area contributed by atoms with Crippen LogP contribution in [-0.4, -0.2) is 52.5 Å². The zero-order valence-corrected chi connectivity index (χ0v) is 17.5. The van der Waals surface area contributed by atoms with E-state index < -0.39 is 11.9 Å². The van der Waals surface area contributed by atoms with Crippen LogP contribution in [0.3, 0.4) is 0 Å². The van der Waals surface area contributed by atoms with Crippen LogP contribution >= 0.6 is 0 Å². The molecular formula is C22H14CuN6O4+2. The molecule has 1 radical (unpaired) electrons. The molecule has 0 bridgehead atoms. The summed E-state index contributed by atoms with van der Waals surface area (Å²) in [4.78, 5) is 29.9. The van der Waals surface area contributed by atoms with Crippen molar-refractivity contribution in [2.24, 2.45) is 0 Å². The monoisotopic (exact) mass is 489 g/mol. The van der Waals surface area contributed by atoms with Gasteiger partial charge in [-0.1, -0.05) is 24.3 Å². The average molecular weight is 490 g/mol. The maximum atomic E-state index is 10.8. The van der Waals surface area contributed by atoms with E-state index in [-0.39, 0.29) is 28.5 Å². The first kappa shape index (κ1) is 21.9. The zero-order valence-electron chi connectivity index (χ0n) is 16.6. The Hall–Kier alpha value is -4.34. The summed E-state index contributed by atoms with van der Waals surface area (Å²) in [5.41, 5.74) is 3.10. The largest absolute Gasteiger partial charge is 2.00 e. The number of nitrogens with one attached hydrogen (secondary N) is 2. The minimum atomic E-state index is -1.03. The number of hydrogen-bond acceptors (Lipinski definition) is 6. The molecule has 165 valence electrons. The molecule has 0 saturated heterocycles. The fraction of sp³-hybridized carbons (Fsp3) is 0. The Bertz CT molecular complexity index is 1540. The van der Waals surface area contributed by atoms with Crippen LogP contribution in [0, 0.1) is 0 Å². The first-order valence-corrected chi connectivity index (χ1v) is 9.43. The van der Waals surface area contributed by atoms with Gasteiger partial charge in [0.2, 0.25) is 0 Å². The van der Waals surface area contributed by atoms with Crippen molar-refractivity contribution in [3.05, 3.63) is 72.3 Å². The number of H-pyrrole nitrogens is 2. The molecule has 0 unspecified atom stereocenters. The van der Waals surface area contributed by atoms with Gasteiger partial charge < -0.3 is 10.2 Å². The van der Waals surface area contributed by atoms with E-state index in [2.05, 4.69) is 30.4 Å². The molecule has 6 rings (SSSR count). The number of hydrogen-bond donors (Lipinski definition) is 4. The molecule has 0 aliphatic heterocycles. The Balaban J connectivity index is 0.000000152. The van der Waals surface area contributed by atoms with Crippen molar-refractivity contribution >= 4 is 55.6 Å². The number of aromatic amines is 2. The number of rotatable bonds is 2. The van der Waals surface area contributed by atoms with Crippen molar-refractivity contribution < 1.29 is 36.9 Å². The van der Waals surface area contributed by atoms with Crippen LogP contribution in [0.1, 0.15) is 21.0 Å². The minimum absolute atomic E-state index is 0. The van der Waals surface area contributed by atoms with Gasteiger partial charge in [-0.05, 0) is 24.3 Å². The first-order valence-electron chi connectivity index (χ1n) is 9.43. The Kier molecular flexibility index (Phi) is 5.74. The van der Waals surface area contributed by atoms with Gasteiger partial charge in [-0.2, -0.15) is 10.2 Å². The van der Waals surface area contributed by atoms with Crippen LogP contribution in [0.25, 0.3) is 43.6 Å². The molecule has 2 aromatic carbocycles. The standard InChI is InChI=1S/2C11H7N3O2.Cu/c2*15-11(16)9-4-2-6-1-3-8-7(5-12-14-8)10(6)13-9;/h2*1-5H,(H,12,14)(H,15,16);/q;;+2. The minimum Gasteiger partial charge on any atom is -0.477 e. The topological polar surface area (TPSA) is 158 Å². The summed E-state index contributed by atoms with van der Waals surface area (Å²) in [6.07, 6.45) is 3.30. The van der Waals surface area contributed by atoms with Gasteiger partial charge in [0.25, 0.3) is 0 Å². The zero-order chi connectivity index (χ0) is 22.2. The summed E-state index contributed by atoms with van der Waals surface area (Å²) in [5.74, 6) is -2.05. The van der Waals surface area contributed by atoms with Gasteiger partial charge in [0.15, 0.2) is 0 Å². The Morgan fingerprint density at radius 2 is 1.03 bits per heavy atom. The number of pyridine rings is 2. The molecule has 6 aromatic rings. The van der Waals surface area contributed by atoms with Gasteiger partial charge in [0.1, 0.15) is 11.4 Å². The predicted octanol–water partition coefficient (Wildman–Crippen LogP) is 3.62. The Labute approximate surface area is 195 Å². The van der Waals surface area contributed by atoms with Crippen molar-refractivity contribution in [1.29, 1.82) is 0 Å². The molecule has 0 aliphatic rings. The van der Waals surface area contributed by atoms with Crippen molar-refractivity contribution in [2.75, 3.05) is 0 Å².